The number of anilines is 1. The molecule has 3 rings (SSSR count). The highest BCUT2D eigenvalue weighted by molar-refractivity contribution is 5.95. The first-order valence-corrected chi connectivity index (χ1v) is 8.13. The number of Topliss-reactive ketones (excluding diaryl/α,β-unsaturated/α-hetero) is 1. The highest BCUT2D eigenvalue weighted by Gasteiger charge is 2.12. The molecule has 1 aliphatic rings. The van der Waals surface area contributed by atoms with Crippen LogP contribution in [0.2, 0.25) is 0 Å². The Labute approximate surface area is 137 Å². The summed E-state index contributed by atoms with van der Waals surface area (Å²) in [7, 11) is 0. The van der Waals surface area contributed by atoms with Crippen molar-refractivity contribution < 1.29 is 9.53 Å². The molecule has 1 saturated carbocycles. The lowest BCUT2D eigenvalue weighted by molar-refractivity contribution is -0.115. The topological polar surface area (TPSA) is 38.3 Å². The van der Waals surface area contributed by atoms with Crippen molar-refractivity contribution in [2.75, 3.05) is 5.32 Å². The summed E-state index contributed by atoms with van der Waals surface area (Å²) in [6, 6.07) is 17.4. The number of ether oxygens (including phenoxy) is 1. The summed E-state index contributed by atoms with van der Waals surface area (Å²) in [5, 5.41) is 3.23. The molecule has 3 nitrogen and oxygen atoms in total. The monoisotopic (exact) mass is 307 g/mol. The molecule has 0 heterocycles. The molecule has 1 N–H and O–H groups in total. The smallest absolute Gasteiger partial charge is 0.160 e. The molecule has 0 radical (unpaired) electrons. The van der Waals surface area contributed by atoms with E-state index in [2.05, 4.69) is 5.32 Å². The number of hydrogen-bond acceptors (Lipinski definition) is 3. The Balaban J connectivity index is 1.62. The fraction of sp³-hybridized carbons (Fsp3) is 0.250. The van der Waals surface area contributed by atoms with Crippen LogP contribution in [-0.2, 0) is 4.79 Å². The van der Waals surface area contributed by atoms with Gasteiger partial charge in [0, 0.05) is 23.9 Å². The summed E-state index contributed by atoms with van der Waals surface area (Å²) >= 11 is 0. The Morgan fingerprint density at radius 2 is 1.52 bits per heavy atom. The Morgan fingerprint density at radius 3 is 2.30 bits per heavy atom. The first-order valence-electron chi connectivity index (χ1n) is 8.13. The molecule has 1 aliphatic carbocycles. The van der Waals surface area contributed by atoms with Crippen LogP contribution in [-0.4, -0.2) is 5.78 Å². The van der Waals surface area contributed by atoms with Crippen molar-refractivity contribution in [1.29, 1.82) is 0 Å². The predicted octanol–water partition coefficient (Wildman–Crippen LogP) is 5.31. The highest BCUT2D eigenvalue weighted by atomic mass is 16.5. The van der Waals surface area contributed by atoms with Gasteiger partial charge in [-0.2, -0.15) is 0 Å². The van der Waals surface area contributed by atoms with Crippen LogP contribution in [0.5, 0.6) is 11.5 Å². The first kappa shape index (κ1) is 15.3. The van der Waals surface area contributed by atoms with Gasteiger partial charge < -0.3 is 10.1 Å². The number of hydrogen-bond donors (Lipinski definition) is 1. The second-order valence-corrected chi connectivity index (χ2v) is 5.74. The Kier molecular flexibility index (Phi) is 5.09. The van der Waals surface area contributed by atoms with E-state index in [0.29, 0.717) is 6.42 Å². The molecular weight excluding hydrogens is 286 g/mol. The van der Waals surface area contributed by atoms with Crippen LogP contribution in [0.4, 0.5) is 5.69 Å². The van der Waals surface area contributed by atoms with E-state index in [1.54, 1.807) is 0 Å². The average molecular weight is 307 g/mol. The van der Waals surface area contributed by atoms with Crippen molar-refractivity contribution in [2.45, 2.75) is 32.1 Å². The van der Waals surface area contributed by atoms with Gasteiger partial charge >= 0.3 is 0 Å². The third-order valence-electron chi connectivity index (χ3n) is 3.95. The van der Waals surface area contributed by atoms with E-state index in [1.807, 2.05) is 60.8 Å². The van der Waals surface area contributed by atoms with Crippen LogP contribution in [0.1, 0.15) is 32.1 Å². The van der Waals surface area contributed by atoms with E-state index >= 15 is 0 Å². The molecule has 0 aliphatic heterocycles. The van der Waals surface area contributed by atoms with Gasteiger partial charge in [-0.05, 0) is 55.7 Å². The molecule has 0 spiro atoms. The molecule has 2 aromatic carbocycles. The van der Waals surface area contributed by atoms with Crippen molar-refractivity contribution in [1.82, 2.24) is 0 Å². The summed E-state index contributed by atoms with van der Waals surface area (Å²) in [5.41, 5.74) is 1.86. The van der Waals surface area contributed by atoms with Crippen LogP contribution in [0.25, 0.3) is 0 Å². The molecule has 2 aromatic rings. The number of ketones is 1. The van der Waals surface area contributed by atoms with Gasteiger partial charge in [0.2, 0.25) is 0 Å². The number of para-hydroxylation sites is 1. The maximum atomic E-state index is 12.0. The summed E-state index contributed by atoms with van der Waals surface area (Å²) in [5.74, 6) is 1.89. The molecule has 23 heavy (non-hydrogen) atoms. The molecule has 0 aromatic heterocycles. The maximum Gasteiger partial charge on any atom is 0.160 e. The van der Waals surface area contributed by atoms with Gasteiger partial charge in [0.15, 0.2) is 5.78 Å². The highest BCUT2D eigenvalue weighted by Crippen LogP contribution is 2.23. The van der Waals surface area contributed by atoms with Gasteiger partial charge in [-0.1, -0.05) is 24.6 Å². The summed E-state index contributed by atoms with van der Waals surface area (Å²) in [6.07, 6.45) is 6.68. The molecule has 0 saturated heterocycles. The van der Waals surface area contributed by atoms with Gasteiger partial charge in [0.05, 0.1) is 0 Å². The lowest BCUT2D eigenvalue weighted by Gasteiger charge is -2.08. The molecule has 0 amide bonds. The Morgan fingerprint density at radius 1 is 0.826 bits per heavy atom. The van der Waals surface area contributed by atoms with Crippen LogP contribution < -0.4 is 10.1 Å². The van der Waals surface area contributed by atoms with E-state index in [1.165, 1.54) is 0 Å². The minimum Gasteiger partial charge on any atom is -0.457 e. The van der Waals surface area contributed by atoms with Crippen molar-refractivity contribution in [2.24, 2.45) is 0 Å². The average Bonchev–Trinajstić information content (AvgIpc) is 2.79. The summed E-state index contributed by atoms with van der Waals surface area (Å²) < 4.78 is 5.76. The van der Waals surface area contributed by atoms with Crippen LogP contribution in [0.3, 0.4) is 0 Å². The van der Waals surface area contributed by atoms with Crippen LogP contribution >= 0.6 is 0 Å². The molecule has 0 bridgehead atoms. The predicted molar refractivity (Wildman–Crippen MR) is 92.8 cm³/mol. The molecular formula is C20H21NO2. The van der Waals surface area contributed by atoms with E-state index in [4.69, 9.17) is 4.74 Å². The van der Waals surface area contributed by atoms with Crippen LogP contribution in [0, 0.1) is 0 Å². The van der Waals surface area contributed by atoms with Crippen molar-refractivity contribution >= 4 is 11.5 Å². The van der Waals surface area contributed by atoms with Gasteiger partial charge in [0.25, 0.3) is 0 Å². The number of allylic oxidation sites excluding steroid dienone is 1. The Hall–Kier alpha value is -2.55. The lowest BCUT2D eigenvalue weighted by atomic mass is 10.1. The van der Waals surface area contributed by atoms with E-state index in [-0.39, 0.29) is 5.78 Å². The first-order chi connectivity index (χ1) is 11.3. The van der Waals surface area contributed by atoms with Crippen molar-refractivity contribution in [3.63, 3.8) is 0 Å². The zero-order valence-electron chi connectivity index (χ0n) is 13.1. The number of benzene rings is 2. The fourth-order valence-electron chi connectivity index (χ4n) is 2.64. The normalized spacial score (nSPS) is 16.9. The minimum atomic E-state index is 0.277. The van der Waals surface area contributed by atoms with Crippen LogP contribution in [0.15, 0.2) is 66.4 Å². The second-order valence-electron chi connectivity index (χ2n) is 5.74. The molecule has 1 fully saturated rings. The summed E-state index contributed by atoms with van der Waals surface area (Å²) in [4.78, 5) is 12.0. The van der Waals surface area contributed by atoms with Crippen molar-refractivity contribution in [3.8, 4) is 11.5 Å². The van der Waals surface area contributed by atoms with Crippen molar-refractivity contribution in [3.05, 3.63) is 66.4 Å². The molecule has 0 atom stereocenters. The van der Waals surface area contributed by atoms with E-state index in [0.717, 1.165) is 48.4 Å². The number of rotatable bonds is 4. The standard InChI is InChI=1S/C20H21NO2/c22-20-10-6-1-3-7-16(20)15-21-17-11-13-19(14-12-17)23-18-8-4-2-5-9-18/h2,4-5,8-9,11-15,21H,1,3,6-7,10H2. The third-order valence-corrected chi connectivity index (χ3v) is 3.95. The fourth-order valence-corrected chi connectivity index (χ4v) is 2.64. The molecule has 0 unspecified atom stereocenters. The Bertz CT molecular complexity index is 675. The third kappa shape index (κ3) is 4.46. The molecule has 3 heteroatoms. The second kappa shape index (κ2) is 7.63. The SMILES string of the molecule is O=C1CCCCCC1=CNc1ccc(Oc2ccccc2)cc1. The zero-order chi connectivity index (χ0) is 15.9. The number of nitrogens with one attached hydrogen (secondary N) is 1. The number of carbonyl (C=O) groups is 1. The largest absolute Gasteiger partial charge is 0.457 e. The van der Waals surface area contributed by atoms with Gasteiger partial charge in [0.1, 0.15) is 11.5 Å². The van der Waals surface area contributed by atoms with E-state index in [9.17, 15) is 4.79 Å². The van der Waals surface area contributed by atoms with E-state index < -0.39 is 0 Å². The van der Waals surface area contributed by atoms with Gasteiger partial charge in [-0.25, -0.2) is 0 Å². The maximum absolute atomic E-state index is 12.0. The minimum absolute atomic E-state index is 0.277. The van der Waals surface area contributed by atoms with Gasteiger partial charge in [-0.15, -0.1) is 0 Å². The quantitative estimate of drug-likeness (QED) is 0.614. The summed E-state index contributed by atoms with van der Waals surface area (Å²) in [6.45, 7) is 0. The zero-order valence-corrected chi connectivity index (χ0v) is 13.1. The lowest BCUT2D eigenvalue weighted by Crippen LogP contribution is -2.02. The number of carbonyl (C=O) groups excluding carboxylic acids is 1. The molecule has 118 valence electrons. The van der Waals surface area contributed by atoms with Gasteiger partial charge in [-0.3, -0.25) is 4.79 Å².